The van der Waals surface area contributed by atoms with Gasteiger partial charge in [-0.15, -0.1) is 0 Å². The first-order chi connectivity index (χ1) is 9.35. The molecule has 0 saturated carbocycles. The molecule has 0 aliphatic heterocycles. The van der Waals surface area contributed by atoms with Crippen molar-refractivity contribution in [3.8, 4) is 0 Å². The molecule has 0 atom stereocenters. The van der Waals surface area contributed by atoms with E-state index in [1.807, 2.05) is 0 Å². The average molecular weight is 293 g/mol. The number of carboxylic acid groups (broad SMARTS) is 1. The minimum Gasteiger partial charge on any atom is -0.478 e. The Morgan fingerprint density at radius 2 is 2.05 bits per heavy atom. The van der Waals surface area contributed by atoms with Gasteiger partial charge in [-0.1, -0.05) is 24.8 Å². The van der Waals surface area contributed by atoms with Gasteiger partial charge >= 0.3 is 5.97 Å². The van der Waals surface area contributed by atoms with Crippen molar-refractivity contribution >= 4 is 29.3 Å². The van der Waals surface area contributed by atoms with E-state index in [1.54, 1.807) is 6.92 Å². The molecule has 0 bridgehead atoms. The summed E-state index contributed by atoms with van der Waals surface area (Å²) in [6.07, 6.45) is 1.34. The van der Waals surface area contributed by atoms with Crippen LogP contribution in [0.1, 0.15) is 27.6 Å². The molecule has 0 radical (unpaired) electrons. The summed E-state index contributed by atoms with van der Waals surface area (Å²) in [4.78, 5) is 27.1. The quantitative estimate of drug-likeness (QED) is 0.661. The lowest BCUT2D eigenvalue weighted by molar-refractivity contribution is 0.0691. The summed E-state index contributed by atoms with van der Waals surface area (Å²) in [6.45, 7) is 8.74. The number of nitrogens with zero attached hydrogens (tertiary/aromatic N) is 1. The molecule has 2 N–H and O–H groups in total. The smallest absolute Gasteiger partial charge is 0.336 e. The Balaban J connectivity index is 3.13. The van der Waals surface area contributed by atoms with Gasteiger partial charge in [-0.3, -0.25) is 4.79 Å². The van der Waals surface area contributed by atoms with E-state index in [0.717, 1.165) is 0 Å². The maximum atomic E-state index is 12.1. The minimum atomic E-state index is -1.24. The van der Waals surface area contributed by atoms with Crippen molar-refractivity contribution in [3.63, 3.8) is 0 Å². The van der Waals surface area contributed by atoms with Crippen LogP contribution in [0.3, 0.4) is 0 Å². The van der Waals surface area contributed by atoms with E-state index in [4.69, 9.17) is 16.7 Å². The number of allylic oxidation sites excluding steroid dienone is 1. The SMILES string of the molecule is C=CC(=NC(=C)C)NC(=O)c1ccc(Cl)cc1C(=O)O. The van der Waals surface area contributed by atoms with Crippen molar-refractivity contribution in [2.75, 3.05) is 0 Å². The second-order valence-corrected chi connectivity index (χ2v) is 4.32. The molecule has 1 aromatic rings. The molecule has 0 heterocycles. The van der Waals surface area contributed by atoms with E-state index in [-0.39, 0.29) is 22.0 Å². The van der Waals surface area contributed by atoms with Gasteiger partial charge in [-0.05, 0) is 31.2 Å². The third kappa shape index (κ3) is 4.07. The van der Waals surface area contributed by atoms with Gasteiger partial charge in [-0.2, -0.15) is 0 Å². The molecule has 20 heavy (non-hydrogen) atoms. The van der Waals surface area contributed by atoms with Crippen LogP contribution < -0.4 is 5.32 Å². The summed E-state index contributed by atoms with van der Waals surface area (Å²) in [5.74, 6) is -1.66. The van der Waals surface area contributed by atoms with Crippen molar-refractivity contribution in [3.05, 3.63) is 59.3 Å². The maximum absolute atomic E-state index is 12.1. The number of aliphatic imine (C=N–C) groups is 1. The predicted molar refractivity (Wildman–Crippen MR) is 78.3 cm³/mol. The Morgan fingerprint density at radius 1 is 1.40 bits per heavy atom. The number of carbonyl (C=O) groups is 2. The van der Waals surface area contributed by atoms with Gasteiger partial charge in [0.15, 0.2) is 0 Å². The van der Waals surface area contributed by atoms with Gasteiger partial charge in [0.1, 0.15) is 5.84 Å². The number of rotatable bonds is 4. The van der Waals surface area contributed by atoms with E-state index in [1.165, 1.54) is 24.3 Å². The first kappa shape index (κ1) is 15.7. The van der Waals surface area contributed by atoms with Crippen LogP contribution >= 0.6 is 11.6 Å². The lowest BCUT2D eigenvalue weighted by Gasteiger charge is -2.08. The van der Waals surface area contributed by atoms with Crippen molar-refractivity contribution in [1.29, 1.82) is 0 Å². The van der Waals surface area contributed by atoms with Crippen molar-refractivity contribution in [2.24, 2.45) is 4.99 Å². The van der Waals surface area contributed by atoms with Crippen molar-refractivity contribution in [1.82, 2.24) is 5.32 Å². The van der Waals surface area contributed by atoms with Crippen LogP contribution in [0.4, 0.5) is 0 Å². The number of benzene rings is 1. The van der Waals surface area contributed by atoms with E-state index < -0.39 is 11.9 Å². The standard InChI is InChI=1S/C14H13ClN2O3/c1-4-12(16-8(2)3)17-13(18)10-6-5-9(15)7-11(10)14(19)20/h4-7H,1-2H2,3H3,(H,19,20)(H,16,17,18). The van der Waals surface area contributed by atoms with Gasteiger partial charge in [0.2, 0.25) is 0 Å². The highest BCUT2D eigenvalue weighted by atomic mass is 35.5. The molecule has 0 spiro atoms. The number of nitrogens with one attached hydrogen (secondary N) is 1. The zero-order valence-electron chi connectivity index (χ0n) is 10.8. The molecular formula is C14H13ClN2O3. The van der Waals surface area contributed by atoms with E-state index in [9.17, 15) is 9.59 Å². The highest BCUT2D eigenvalue weighted by Gasteiger charge is 2.17. The zero-order valence-corrected chi connectivity index (χ0v) is 11.6. The molecule has 5 nitrogen and oxygen atoms in total. The minimum absolute atomic E-state index is 0.0156. The third-order valence-electron chi connectivity index (χ3n) is 2.20. The van der Waals surface area contributed by atoms with Gasteiger partial charge < -0.3 is 10.4 Å². The monoisotopic (exact) mass is 292 g/mol. The normalized spacial score (nSPS) is 10.8. The fraction of sp³-hybridized carbons (Fsp3) is 0.0714. The molecule has 0 unspecified atom stereocenters. The Labute approximate surface area is 121 Å². The number of amidine groups is 1. The molecule has 104 valence electrons. The lowest BCUT2D eigenvalue weighted by Crippen LogP contribution is -2.30. The molecule has 1 rings (SSSR count). The van der Waals surface area contributed by atoms with Crippen LogP contribution in [-0.2, 0) is 0 Å². The Hall–Kier alpha value is -2.40. The number of carboxylic acids is 1. The van der Waals surface area contributed by atoms with E-state index in [0.29, 0.717) is 5.70 Å². The van der Waals surface area contributed by atoms with Crippen LogP contribution in [0.15, 0.2) is 48.1 Å². The number of hydrogen-bond donors (Lipinski definition) is 2. The van der Waals surface area contributed by atoms with Crippen LogP contribution in [-0.4, -0.2) is 22.8 Å². The van der Waals surface area contributed by atoms with Crippen LogP contribution in [0.25, 0.3) is 0 Å². The van der Waals surface area contributed by atoms with Gasteiger partial charge in [0.25, 0.3) is 5.91 Å². The molecule has 0 aliphatic rings. The maximum Gasteiger partial charge on any atom is 0.336 e. The van der Waals surface area contributed by atoms with Crippen molar-refractivity contribution in [2.45, 2.75) is 6.92 Å². The predicted octanol–water partition coefficient (Wildman–Crippen LogP) is 2.89. The van der Waals surface area contributed by atoms with Crippen molar-refractivity contribution < 1.29 is 14.7 Å². The largest absolute Gasteiger partial charge is 0.478 e. The topological polar surface area (TPSA) is 78.8 Å². The number of hydrogen-bond acceptors (Lipinski definition) is 3. The Bertz CT molecular complexity index is 621. The number of carbonyl (C=O) groups excluding carboxylic acids is 1. The van der Waals surface area contributed by atoms with E-state index >= 15 is 0 Å². The Kier molecular flexibility index (Phi) is 5.23. The summed E-state index contributed by atoms with van der Waals surface area (Å²) in [7, 11) is 0. The van der Waals surface area contributed by atoms with Crippen LogP contribution in [0.5, 0.6) is 0 Å². The number of amides is 1. The fourth-order valence-electron chi connectivity index (χ4n) is 1.41. The molecule has 0 saturated heterocycles. The lowest BCUT2D eigenvalue weighted by atomic mass is 10.1. The highest BCUT2D eigenvalue weighted by molar-refractivity contribution is 6.31. The molecule has 0 fully saturated rings. The summed E-state index contributed by atoms with van der Waals surface area (Å²) >= 11 is 5.72. The van der Waals surface area contributed by atoms with Gasteiger partial charge in [0, 0.05) is 10.7 Å². The van der Waals surface area contributed by atoms with Gasteiger partial charge in [-0.25, -0.2) is 9.79 Å². The second kappa shape index (κ2) is 6.68. The average Bonchev–Trinajstić information content (AvgIpc) is 2.36. The second-order valence-electron chi connectivity index (χ2n) is 3.89. The Morgan fingerprint density at radius 3 is 2.55 bits per heavy atom. The third-order valence-corrected chi connectivity index (χ3v) is 2.44. The molecule has 1 aromatic carbocycles. The number of halogens is 1. The fourth-order valence-corrected chi connectivity index (χ4v) is 1.58. The molecule has 1 amide bonds. The van der Waals surface area contributed by atoms with Crippen LogP contribution in [0.2, 0.25) is 5.02 Å². The highest BCUT2D eigenvalue weighted by Crippen LogP contribution is 2.16. The number of aromatic carboxylic acids is 1. The van der Waals surface area contributed by atoms with Gasteiger partial charge in [0.05, 0.1) is 11.1 Å². The summed E-state index contributed by atoms with van der Waals surface area (Å²) in [5.41, 5.74) is 0.279. The van der Waals surface area contributed by atoms with Crippen LogP contribution in [0, 0.1) is 0 Å². The molecule has 6 heteroatoms. The summed E-state index contributed by atoms with van der Waals surface area (Å²) < 4.78 is 0. The first-order valence-corrected chi connectivity index (χ1v) is 5.93. The summed E-state index contributed by atoms with van der Waals surface area (Å²) in [5, 5.41) is 11.8. The van der Waals surface area contributed by atoms with E-state index in [2.05, 4.69) is 23.5 Å². The molecular weight excluding hydrogens is 280 g/mol. The summed E-state index contributed by atoms with van der Waals surface area (Å²) in [6, 6.07) is 3.98. The molecule has 0 aliphatic carbocycles. The first-order valence-electron chi connectivity index (χ1n) is 5.56. The molecule has 0 aromatic heterocycles. The zero-order chi connectivity index (χ0) is 15.3.